The number of rotatable bonds is 5. The van der Waals surface area contributed by atoms with E-state index in [2.05, 4.69) is 334 Å². The molecule has 0 saturated carbocycles. The van der Waals surface area contributed by atoms with Crippen molar-refractivity contribution in [2.75, 3.05) is 4.90 Å². The van der Waals surface area contributed by atoms with Crippen LogP contribution in [0.15, 0.2) is 210 Å². The largest absolute Gasteiger partial charge is 0.310 e. The quantitative estimate of drug-likeness (QED) is 0.125. The van der Waals surface area contributed by atoms with Crippen molar-refractivity contribution in [3.8, 4) is 39.1 Å². The third kappa shape index (κ3) is 9.82. The second-order valence-corrected chi connectivity index (χ2v) is 34.2. The lowest BCUT2D eigenvalue weighted by atomic mass is 9.34. The van der Waals surface area contributed by atoms with E-state index >= 15 is 0 Å². The van der Waals surface area contributed by atoms with Crippen LogP contribution >= 0.6 is 11.8 Å². The molecule has 15 rings (SSSR count). The number of benzene rings is 12. The van der Waals surface area contributed by atoms with Crippen LogP contribution in [0.25, 0.3) is 93.2 Å². The van der Waals surface area contributed by atoms with Crippen LogP contribution in [0.3, 0.4) is 0 Å². The van der Waals surface area contributed by atoms with Crippen LogP contribution in [0.5, 0.6) is 0 Å². The SMILES string of the molecule is CC(C)(C)c1cc(-c2ccccc2)c(N2c3ccc(-c4cc5cc(C(C)(C)C)cc6ccc7cc(C(C)(C)C)cc4c7c65)cc3B3c4ccc(-n5c6ccc(C(C)(C)C)cc6c6cc(C(C)(C)C)ccc65)cc4Sc4cc(C(C)(C)C)cc2c43)c(-c2ccccc2)c1. The average Bonchev–Trinajstić information content (AvgIpc) is 0.786. The zero-order valence-electron chi connectivity index (χ0n) is 57.4. The summed E-state index contributed by atoms with van der Waals surface area (Å²) in [5.41, 5.74) is 26.3. The third-order valence-corrected chi connectivity index (χ3v) is 21.6. The smallest absolute Gasteiger partial charge is 0.249 e. The van der Waals surface area contributed by atoms with Gasteiger partial charge in [0.2, 0.25) is 6.71 Å². The second-order valence-electron chi connectivity index (χ2n) is 33.1. The third-order valence-electron chi connectivity index (χ3n) is 20.4. The Hall–Kier alpha value is -8.31. The highest BCUT2D eigenvalue weighted by Crippen LogP contribution is 2.53. The summed E-state index contributed by atoms with van der Waals surface area (Å²) in [4.78, 5) is 5.33. The molecule has 0 unspecified atom stereocenters. The molecule has 0 spiro atoms. The van der Waals surface area contributed by atoms with Crippen molar-refractivity contribution in [1.82, 2.24) is 4.57 Å². The summed E-state index contributed by atoms with van der Waals surface area (Å²) in [6.07, 6.45) is 0. The Morgan fingerprint density at radius 3 is 1.35 bits per heavy atom. The summed E-state index contributed by atoms with van der Waals surface area (Å²) >= 11 is 1.97. The Balaban J connectivity index is 1.06. The van der Waals surface area contributed by atoms with Gasteiger partial charge >= 0.3 is 0 Å². The number of hydrogen-bond donors (Lipinski definition) is 0. The lowest BCUT2D eigenvalue weighted by molar-refractivity contribution is 0.589. The molecular weight excluding hydrogens is 1130 g/mol. The molecule has 4 heteroatoms. The van der Waals surface area contributed by atoms with Crippen molar-refractivity contribution in [2.24, 2.45) is 0 Å². The van der Waals surface area contributed by atoms with Crippen molar-refractivity contribution in [1.29, 1.82) is 0 Å². The summed E-state index contributed by atoms with van der Waals surface area (Å²) in [7, 11) is 0. The van der Waals surface area contributed by atoms with Gasteiger partial charge in [0.1, 0.15) is 0 Å². The Morgan fingerprint density at radius 1 is 0.315 bits per heavy atom. The summed E-state index contributed by atoms with van der Waals surface area (Å²) in [5.74, 6) is 0. The minimum atomic E-state index is -0.159. The predicted molar refractivity (Wildman–Crippen MR) is 403 cm³/mol. The Morgan fingerprint density at radius 2 is 0.804 bits per heavy atom. The molecule has 2 aliphatic heterocycles. The first kappa shape index (κ1) is 60.0. The van der Waals surface area contributed by atoms with Crippen LogP contribution in [0, 0.1) is 0 Å². The van der Waals surface area contributed by atoms with Crippen LogP contribution in [0.2, 0.25) is 0 Å². The maximum atomic E-state index is 2.72. The van der Waals surface area contributed by atoms with Gasteiger partial charge in [0.25, 0.3) is 0 Å². The second kappa shape index (κ2) is 20.6. The fourth-order valence-electron chi connectivity index (χ4n) is 15.0. The molecule has 1 aromatic heterocycles. The van der Waals surface area contributed by atoms with Gasteiger partial charge < -0.3 is 9.47 Å². The van der Waals surface area contributed by atoms with Gasteiger partial charge in [0.15, 0.2) is 0 Å². The fraction of sp³-hybridized carbons (Fsp3) is 0.273. The summed E-state index contributed by atoms with van der Waals surface area (Å²) in [6, 6.07) is 79.3. The van der Waals surface area contributed by atoms with Crippen molar-refractivity contribution in [3.63, 3.8) is 0 Å². The highest BCUT2D eigenvalue weighted by Gasteiger charge is 2.44. The van der Waals surface area contributed by atoms with Crippen LogP contribution in [-0.4, -0.2) is 11.3 Å². The molecule has 0 N–H and O–H groups in total. The van der Waals surface area contributed by atoms with E-state index < -0.39 is 0 Å². The molecule has 0 fully saturated rings. The highest BCUT2D eigenvalue weighted by atomic mass is 32.2. The molecule has 92 heavy (non-hydrogen) atoms. The molecular formula is C88H87BN2S. The van der Waals surface area contributed by atoms with E-state index in [1.807, 2.05) is 11.8 Å². The van der Waals surface area contributed by atoms with Gasteiger partial charge in [-0.25, -0.2) is 0 Å². The standard InChI is InChI=1S/C88H87BN2S/c1-83(2,3)58-32-37-73-68(44-58)69-45-59(84(4,5)6)33-38-74(69)90(73)64-34-35-71-77(51-64)92-78-50-63(88(16,17)18)49-76-81(78)89(71)72-43-54(65-42-57-41-60(85(7,8)9)39-55-29-30-56-40-61(86(10,11)12)48-70(65)80(56)79(55)57)31-36-75(72)91(76)82-66(52-25-21-19-22-26-52)46-62(87(13,14)15)47-67(82)53-27-23-20-24-28-53/h19-51H,1-18H3. The number of nitrogens with zero attached hydrogens (tertiary/aromatic N) is 2. The first-order valence-corrected chi connectivity index (χ1v) is 34.3. The van der Waals surface area contributed by atoms with Gasteiger partial charge in [-0.05, 0) is 210 Å². The zero-order valence-corrected chi connectivity index (χ0v) is 58.2. The molecule has 13 aromatic rings. The molecule has 0 bridgehead atoms. The molecule has 3 heterocycles. The van der Waals surface area contributed by atoms with Crippen molar-refractivity contribution in [3.05, 3.63) is 234 Å². The van der Waals surface area contributed by atoms with Crippen molar-refractivity contribution >= 4 is 106 Å². The minimum Gasteiger partial charge on any atom is -0.310 e. The molecule has 2 aliphatic rings. The van der Waals surface area contributed by atoms with E-state index in [1.165, 1.54) is 170 Å². The molecule has 0 radical (unpaired) electrons. The van der Waals surface area contributed by atoms with Gasteiger partial charge in [-0.1, -0.05) is 263 Å². The Kier molecular flexibility index (Phi) is 13.4. The lowest BCUT2D eigenvalue weighted by Crippen LogP contribution is -2.60. The number of hydrogen-bond acceptors (Lipinski definition) is 2. The van der Waals surface area contributed by atoms with Crippen molar-refractivity contribution in [2.45, 2.75) is 167 Å². The summed E-state index contributed by atoms with van der Waals surface area (Å²) < 4.78 is 2.55. The predicted octanol–water partition coefficient (Wildman–Crippen LogP) is 23.2. The highest BCUT2D eigenvalue weighted by molar-refractivity contribution is 8.00. The van der Waals surface area contributed by atoms with Crippen molar-refractivity contribution < 1.29 is 0 Å². The van der Waals surface area contributed by atoms with Crippen LogP contribution in [0.1, 0.15) is 158 Å². The Labute approximate surface area is 551 Å². The molecule has 0 aliphatic carbocycles. The van der Waals surface area contributed by atoms with Crippen LogP contribution < -0.4 is 21.3 Å². The first-order valence-electron chi connectivity index (χ1n) is 33.5. The van der Waals surface area contributed by atoms with Gasteiger partial charge in [0, 0.05) is 48.8 Å². The number of anilines is 3. The van der Waals surface area contributed by atoms with Gasteiger partial charge in [-0.2, -0.15) is 0 Å². The number of fused-ring (bicyclic) bond motifs is 7. The first-order chi connectivity index (χ1) is 43.4. The minimum absolute atomic E-state index is 0.00321. The number of aromatic nitrogens is 1. The van der Waals surface area contributed by atoms with E-state index in [0.717, 1.165) is 0 Å². The fourth-order valence-corrected chi connectivity index (χ4v) is 16.2. The lowest BCUT2D eigenvalue weighted by Gasteiger charge is -2.43. The maximum absolute atomic E-state index is 2.72. The van der Waals surface area contributed by atoms with Crippen LogP contribution in [-0.2, 0) is 32.5 Å². The van der Waals surface area contributed by atoms with E-state index in [0.29, 0.717) is 0 Å². The molecule has 458 valence electrons. The summed E-state index contributed by atoms with van der Waals surface area (Å²) in [6.45, 7) is 42.3. The zero-order chi connectivity index (χ0) is 64.7. The van der Waals surface area contributed by atoms with E-state index in [4.69, 9.17) is 0 Å². The Bertz CT molecular complexity index is 5040. The molecule has 0 amide bonds. The molecule has 0 atom stereocenters. The topological polar surface area (TPSA) is 8.17 Å². The van der Waals surface area contributed by atoms with Crippen LogP contribution in [0.4, 0.5) is 17.1 Å². The maximum Gasteiger partial charge on any atom is 0.249 e. The monoisotopic (exact) mass is 1210 g/mol. The summed E-state index contributed by atoms with van der Waals surface area (Å²) in [5, 5.41) is 10.5. The molecule has 0 saturated heterocycles. The normalized spacial score (nSPS) is 13.9. The van der Waals surface area contributed by atoms with E-state index in [1.54, 1.807) is 0 Å². The van der Waals surface area contributed by atoms with Gasteiger partial charge in [-0.15, -0.1) is 0 Å². The average molecular weight is 1220 g/mol. The molecule has 12 aromatic carbocycles. The van der Waals surface area contributed by atoms with Gasteiger partial charge in [-0.3, -0.25) is 0 Å². The van der Waals surface area contributed by atoms with E-state index in [-0.39, 0.29) is 39.2 Å². The van der Waals surface area contributed by atoms with E-state index in [9.17, 15) is 0 Å². The van der Waals surface area contributed by atoms with Gasteiger partial charge in [0.05, 0.1) is 16.7 Å². The molecule has 2 nitrogen and oxygen atoms in total.